The van der Waals surface area contributed by atoms with E-state index < -0.39 is 5.97 Å². The van der Waals surface area contributed by atoms with Crippen molar-refractivity contribution in [2.45, 2.75) is 0 Å². The first-order valence-electron chi connectivity index (χ1n) is 3.79. The van der Waals surface area contributed by atoms with Gasteiger partial charge in [0.2, 0.25) is 0 Å². The van der Waals surface area contributed by atoms with Crippen LogP contribution in [0, 0.1) is 0 Å². The lowest BCUT2D eigenvalue weighted by Crippen LogP contribution is -2.08. The molecule has 0 aliphatic rings. The molecule has 0 saturated heterocycles. The van der Waals surface area contributed by atoms with Gasteiger partial charge in [-0.25, -0.2) is 14.8 Å². The second-order valence-electron chi connectivity index (χ2n) is 2.57. The van der Waals surface area contributed by atoms with Crippen LogP contribution in [0.15, 0.2) is 18.7 Å². The van der Waals surface area contributed by atoms with E-state index in [-0.39, 0.29) is 0 Å². The number of hydrogen-bond acceptors (Lipinski definition) is 4. The summed E-state index contributed by atoms with van der Waals surface area (Å²) < 4.78 is 6.11. The number of nitrogens with zero attached hydrogens (tertiary/aromatic N) is 3. The maximum atomic E-state index is 11.3. The van der Waals surface area contributed by atoms with Gasteiger partial charge in [-0.1, -0.05) is 11.6 Å². The van der Waals surface area contributed by atoms with Gasteiger partial charge < -0.3 is 4.74 Å². The fourth-order valence-corrected chi connectivity index (χ4v) is 1.33. The van der Waals surface area contributed by atoms with Gasteiger partial charge in [0.25, 0.3) is 0 Å². The van der Waals surface area contributed by atoms with Crippen molar-refractivity contribution in [2.75, 3.05) is 7.11 Å². The van der Waals surface area contributed by atoms with Crippen molar-refractivity contribution in [1.82, 2.24) is 14.4 Å². The van der Waals surface area contributed by atoms with E-state index in [1.54, 1.807) is 0 Å². The summed E-state index contributed by atoms with van der Waals surface area (Å²) >= 11 is 5.79. The molecule has 5 nitrogen and oxygen atoms in total. The molecule has 0 aromatic carbocycles. The SMILES string of the molecule is COC(=O)c1cnc(Cl)c2cncn12. The smallest absolute Gasteiger partial charge is 0.356 e. The normalized spacial score (nSPS) is 10.4. The number of methoxy groups -OCH3 is 1. The number of carbonyl (C=O) groups excluding carboxylic acids is 1. The summed E-state index contributed by atoms with van der Waals surface area (Å²) in [4.78, 5) is 19.0. The van der Waals surface area contributed by atoms with Crippen LogP contribution in [0.2, 0.25) is 5.15 Å². The van der Waals surface area contributed by atoms with E-state index >= 15 is 0 Å². The lowest BCUT2D eigenvalue weighted by Gasteiger charge is -2.02. The molecule has 0 unspecified atom stereocenters. The molecule has 6 heteroatoms. The molecule has 0 atom stereocenters. The largest absolute Gasteiger partial charge is 0.464 e. The molecule has 14 heavy (non-hydrogen) atoms. The molecule has 2 aromatic heterocycles. The predicted octanol–water partition coefficient (Wildman–Crippen LogP) is 1.17. The molecule has 0 spiro atoms. The number of imidazole rings is 1. The zero-order chi connectivity index (χ0) is 10.1. The zero-order valence-corrected chi connectivity index (χ0v) is 8.02. The monoisotopic (exact) mass is 211 g/mol. The van der Waals surface area contributed by atoms with Gasteiger partial charge in [-0.15, -0.1) is 0 Å². The van der Waals surface area contributed by atoms with E-state index in [0.717, 1.165) is 0 Å². The molecule has 0 radical (unpaired) electrons. The van der Waals surface area contributed by atoms with Gasteiger partial charge in [0.1, 0.15) is 5.52 Å². The standard InChI is InChI=1S/C8H6ClN3O2/c1-14-8(13)6-3-11-7(9)5-2-10-4-12(5)6/h2-4H,1H3. The first-order chi connectivity index (χ1) is 6.74. The van der Waals surface area contributed by atoms with Gasteiger partial charge in [0, 0.05) is 0 Å². The summed E-state index contributed by atoms with van der Waals surface area (Å²) in [7, 11) is 1.31. The Hall–Kier alpha value is -1.62. The van der Waals surface area contributed by atoms with Crippen molar-refractivity contribution in [3.05, 3.63) is 29.6 Å². The van der Waals surface area contributed by atoms with Crippen LogP contribution in [0.5, 0.6) is 0 Å². The Kier molecular flexibility index (Phi) is 2.09. The number of hydrogen-bond donors (Lipinski definition) is 0. The first-order valence-corrected chi connectivity index (χ1v) is 4.16. The Bertz CT molecular complexity index is 494. The molecule has 0 aliphatic carbocycles. The van der Waals surface area contributed by atoms with Gasteiger partial charge in [-0.2, -0.15) is 0 Å². The summed E-state index contributed by atoms with van der Waals surface area (Å²) in [6.07, 6.45) is 4.36. The Morgan fingerprint density at radius 1 is 1.57 bits per heavy atom. The van der Waals surface area contributed by atoms with E-state index in [9.17, 15) is 4.79 Å². The summed E-state index contributed by atoms with van der Waals surface area (Å²) in [6, 6.07) is 0. The number of esters is 1. The molecule has 0 saturated carbocycles. The van der Waals surface area contributed by atoms with E-state index in [0.29, 0.717) is 16.4 Å². The van der Waals surface area contributed by atoms with E-state index in [4.69, 9.17) is 11.6 Å². The maximum absolute atomic E-state index is 11.3. The van der Waals surface area contributed by atoms with E-state index in [1.165, 1.54) is 30.2 Å². The Balaban J connectivity index is 2.72. The minimum Gasteiger partial charge on any atom is -0.464 e. The van der Waals surface area contributed by atoms with Gasteiger partial charge in [0.15, 0.2) is 10.8 Å². The van der Waals surface area contributed by atoms with Crippen molar-refractivity contribution < 1.29 is 9.53 Å². The first kappa shape index (κ1) is 8.96. The summed E-state index contributed by atoms with van der Waals surface area (Å²) in [6.45, 7) is 0. The van der Waals surface area contributed by atoms with Crippen molar-refractivity contribution in [1.29, 1.82) is 0 Å². The third kappa shape index (κ3) is 1.22. The molecule has 0 fully saturated rings. The highest BCUT2D eigenvalue weighted by Crippen LogP contribution is 2.15. The van der Waals surface area contributed by atoms with Crippen LogP contribution >= 0.6 is 11.6 Å². The highest BCUT2D eigenvalue weighted by Gasteiger charge is 2.12. The molecule has 0 amide bonds. The number of fused-ring (bicyclic) bond motifs is 1. The number of ether oxygens (including phenoxy) is 1. The topological polar surface area (TPSA) is 56.5 Å². The van der Waals surface area contributed by atoms with E-state index in [2.05, 4.69) is 14.7 Å². The fraction of sp³-hybridized carbons (Fsp3) is 0.125. The second-order valence-corrected chi connectivity index (χ2v) is 2.93. The van der Waals surface area contributed by atoms with Crippen LogP contribution in [0.25, 0.3) is 5.52 Å². The molecular weight excluding hydrogens is 206 g/mol. The molecule has 2 aromatic rings. The second kappa shape index (κ2) is 3.26. The summed E-state index contributed by atoms with van der Waals surface area (Å²) in [5, 5.41) is 0.301. The lowest BCUT2D eigenvalue weighted by atomic mass is 10.4. The highest BCUT2D eigenvalue weighted by atomic mass is 35.5. The van der Waals surface area contributed by atoms with Gasteiger partial charge >= 0.3 is 5.97 Å². The minimum absolute atomic E-state index is 0.296. The van der Waals surface area contributed by atoms with Crippen LogP contribution in [0.3, 0.4) is 0 Å². The molecule has 0 bridgehead atoms. The average molecular weight is 212 g/mol. The zero-order valence-electron chi connectivity index (χ0n) is 7.27. The molecule has 0 N–H and O–H groups in total. The van der Waals surface area contributed by atoms with Gasteiger partial charge in [-0.05, 0) is 0 Å². The molecule has 2 rings (SSSR count). The van der Waals surface area contributed by atoms with Gasteiger partial charge in [-0.3, -0.25) is 4.40 Å². The van der Waals surface area contributed by atoms with Crippen molar-refractivity contribution in [3.8, 4) is 0 Å². The third-order valence-electron chi connectivity index (χ3n) is 1.80. The third-order valence-corrected chi connectivity index (χ3v) is 2.10. The van der Waals surface area contributed by atoms with Gasteiger partial charge in [0.05, 0.1) is 25.8 Å². The summed E-state index contributed by atoms with van der Waals surface area (Å²) in [5.74, 6) is -0.475. The van der Waals surface area contributed by atoms with E-state index in [1.807, 2.05) is 0 Å². The Morgan fingerprint density at radius 3 is 3.07 bits per heavy atom. The van der Waals surface area contributed by atoms with Crippen LogP contribution in [-0.4, -0.2) is 27.4 Å². The molecule has 0 aliphatic heterocycles. The number of rotatable bonds is 1. The fourth-order valence-electron chi connectivity index (χ4n) is 1.14. The van der Waals surface area contributed by atoms with Crippen LogP contribution < -0.4 is 0 Å². The molecule has 2 heterocycles. The van der Waals surface area contributed by atoms with Crippen LogP contribution in [0.4, 0.5) is 0 Å². The van der Waals surface area contributed by atoms with Crippen molar-refractivity contribution in [3.63, 3.8) is 0 Å². The quantitative estimate of drug-likeness (QED) is 0.665. The number of carbonyl (C=O) groups is 1. The Labute approximate surface area is 84.3 Å². The predicted molar refractivity (Wildman–Crippen MR) is 49.3 cm³/mol. The number of halogens is 1. The number of aromatic nitrogens is 3. The lowest BCUT2D eigenvalue weighted by molar-refractivity contribution is 0.0592. The van der Waals surface area contributed by atoms with Crippen molar-refractivity contribution >= 4 is 23.1 Å². The average Bonchev–Trinajstić information content (AvgIpc) is 2.67. The van der Waals surface area contributed by atoms with Crippen molar-refractivity contribution in [2.24, 2.45) is 0 Å². The minimum atomic E-state index is -0.475. The molecular formula is C8H6ClN3O2. The van der Waals surface area contributed by atoms with Crippen LogP contribution in [0.1, 0.15) is 10.5 Å². The summed E-state index contributed by atoms with van der Waals surface area (Å²) in [5.41, 5.74) is 0.874. The highest BCUT2D eigenvalue weighted by molar-refractivity contribution is 6.32. The van der Waals surface area contributed by atoms with Crippen LogP contribution in [-0.2, 0) is 4.74 Å². The maximum Gasteiger partial charge on any atom is 0.356 e. The molecule has 72 valence electrons. The Morgan fingerprint density at radius 2 is 2.36 bits per heavy atom.